The molecule has 0 bridgehead atoms. The highest BCUT2D eigenvalue weighted by atomic mass is 32.2. The van der Waals surface area contributed by atoms with E-state index in [1.54, 1.807) is 30.3 Å². The van der Waals surface area contributed by atoms with Gasteiger partial charge in [-0.05, 0) is 41.5 Å². The fraction of sp³-hybridized carbons (Fsp3) is 0.263. The molecule has 0 atom stereocenters. The predicted molar refractivity (Wildman–Crippen MR) is 105 cm³/mol. The zero-order chi connectivity index (χ0) is 20.0. The second-order valence-electron chi connectivity index (χ2n) is 5.64. The summed E-state index contributed by atoms with van der Waals surface area (Å²) < 4.78 is 45.7. The van der Waals surface area contributed by atoms with E-state index < -0.39 is 9.84 Å². The summed E-state index contributed by atoms with van der Waals surface area (Å²) in [6.07, 6.45) is 1.48. The molecule has 0 saturated carbocycles. The SMILES string of the molecule is COc1ccc(CS(=O)(=O)/C=C/c2cc(OC)c(OC)c(OC)c2)cc1N. The Morgan fingerprint density at radius 2 is 1.48 bits per heavy atom. The molecule has 0 aliphatic heterocycles. The summed E-state index contributed by atoms with van der Waals surface area (Å²) in [6, 6.07) is 8.23. The van der Waals surface area contributed by atoms with Crippen LogP contribution in [0.25, 0.3) is 6.08 Å². The quantitative estimate of drug-likeness (QED) is 0.689. The van der Waals surface area contributed by atoms with Gasteiger partial charge in [-0.3, -0.25) is 0 Å². The minimum atomic E-state index is -3.51. The Hall–Kier alpha value is -2.87. The first kappa shape index (κ1) is 20.4. The number of sulfone groups is 1. The van der Waals surface area contributed by atoms with Gasteiger partial charge in [0.05, 0.1) is 39.9 Å². The number of ether oxygens (including phenoxy) is 4. The maximum Gasteiger partial charge on any atom is 0.203 e. The monoisotopic (exact) mass is 393 g/mol. The number of nitrogen functional groups attached to an aromatic ring is 1. The number of hydrogen-bond acceptors (Lipinski definition) is 7. The fourth-order valence-electron chi connectivity index (χ4n) is 2.53. The van der Waals surface area contributed by atoms with E-state index in [0.717, 1.165) is 5.41 Å². The molecule has 7 nitrogen and oxygen atoms in total. The van der Waals surface area contributed by atoms with Crippen LogP contribution in [0.1, 0.15) is 11.1 Å². The Morgan fingerprint density at radius 1 is 0.889 bits per heavy atom. The largest absolute Gasteiger partial charge is 0.495 e. The first-order valence-corrected chi connectivity index (χ1v) is 9.68. The molecule has 0 heterocycles. The molecule has 2 rings (SSSR count). The molecule has 0 aliphatic rings. The van der Waals surface area contributed by atoms with Crippen LogP contribution in [0.15, 0.2) is 35.7 Å². The summed E-state index contributed by atoms with van der Waals surface area (Å²) in [4.78, 5) is 0. The molecule has 2 N–H and O–H groups in total. The summed E-state index contributed by atoms with van der Waals surface area (Å²) in [7, 11) is 2.48. The Bertz CT molecular complexity index is 912. The van der Waals surface area contributed by atoms with Gasteiger partial charge >= 0.3 is 0 Å². The standard InChI is InChI=1S/C19H23NO6S/c1-23-16-6-5-14(9-15(16)20)12-27(21,22)8-7-13-10-17(24-2)19(26-4)18(11-13)25-3/h5-11H,12,20H2,1-4H3/b8-7+. The highest BCUT2D eigenvalue weighted by Crippen LogP contribution is 2.38. The lowest BCUT2D eigenvalue weighted by Crippen LogP contribution is -2.02. The highest BCUT2D eigenvalue weighted by Gasteiger charge is 2.14. The molecule has 8 heteroatoms. The van der Waals surface area contributed by atoms with Crippen LogP contribution in [0.3, 0.4) is 0 Å². The molecular weight excluding hydrogens is 370 g/mol. The normalized spacial score (nSPS) is 11.4. The lowest BCUT2D eigenvalue weighted by molar-refractivity contribution is 0.324. The topological polar surface area (TPSA) is 97.1 Å². The lowest BCUT2D eigenvalue weighted by atomic mass is 10.2. The number of methoxy groups -OCH3 is 4. The molecule has 0 fully saturated rings. The Balaban J connectivity index is 2.27. The predicted octanol–water partition coefficient (Wildman–Crippen LogP) is 2.89. The number of rotatable bonds is 8. The summed E-state index contributed by atoms with van der Waals surface area (Å²) in [6.45, 7) is 0. The number of nitrogens with two attached hydrogens (primary N) is 1. The maximum atomic E-state index is 12.4. The average molecular weight is 393 g/mol. The smallest absolute Gasteiger partial charge is 0.203 e. The fourth-order valence-corrected chi connectivity index (χ4v) is 3.64. The minimum Gasteiger partial charge on any atom is -0.495 e. The van der Waals surface area contributed by atoms with Gasteiger partial charge in [0.1, 0.15) is 5.75 Å². The number of hydrogen-bond donors (Lipinski definition) is 1. The van der Waals surface area contributed by atoms with Crippen molar-refractivity contribution in [1.82, 2.24) is 0 Å². The second-order valence-corrected chi connectivity index (χ2v) is 7.53. The molecular formula is C19H23NO6S. The van der Waals surface area contributed by atoms with E-state index in [1.807, 2.05) is 0 Å². The van der Waals surface area contributed by atoms with Gasteiger partial charge in [-0.25, -0.2) is 8.42 Å². The van der Waals surface area contributed by atoms with Crippen LogP contribution in [0.5, 0.6) is 23.0 Å². The highest BCUT2D eigenvalue weighted by molar-refractivity contribution is 7.93. The Kier molecular flexibility index (Phi) is 6.57. The van der Waals surface area contributed by atoms with Gasteiger partial charge in [-0.15, -0.1) is 0 Å². The zero-order valence-electron chi connectivity index (χ0n) is 15.7. The summed E-state index contributed by atoms with van der Waals surface area (Å²) in [5.74, 6) is 1.65. The molecule has 0 amide bonds. The zero-order valence-corrected chi connectivity index (χ0v) is 16.5. The number of benzene rings is 2. The van der Waals surface area contributed by atoms with Crippen molar-refractivity contribution in [3.63, 3.8) is 0 Å². The third-order valence-electron chi connectivity index (χ3n) is 3.82. The van der Waals surface area contributed by atoms with E-state index in [2.05, 4.69) is 0 Å². The molecule has 2 aromatic rings. The van der Waals surface area contributed by atoms with Crippen molar-refractivity contribution in [3.8, 4) is 23.0 Å². The van der Waals surface area contributed by atoms with Gasteiger partial charge in [0.2, 0.25) is 5.75 Å². The third-order valence-corrected chi connectivity index (χ3v) is 5.10. The molecule has 0 aliphatic carbocycles. The van der Waals surface area contributed by atoms with E-state index in [4.69, 9.17) is 24.7 Å². The first-order chi connectivity index (χ1) is 12.8. The van der Waals surface area contributed by atoms with Crippen LogP contribution in [0, 0.1) is 0 Å². The van der Waals surface area contributed by atoms with Crippen molar-refractivity contribution in [2.75, 3.05) is 34.2 Å². The van der Waals surface area contributed by atoms with E-state index in [-0.39, 0.29) is 5.75 Å². The van der Waals surface area contributed by atoms with Gasteiger partial charge in [-0.2, -0.15) is 0 Å². The molecule has 0 unspecified atom stereocenters. The molecule has 0 spiro atoms. The van der Waals surface area contributed by atoms with Gasteiger partial charge in [0.15, 0.2) is 21.3 Å². The van der Waals surface area contributed by atoms with Gasteiger partial charge in [-0.1, -0.05) is 6.07 Å². The van der Waals surface area contributed by atoms with E-state index in [9.17, 15) is 8.42 Å². The van der Waals surface area contributed by atoms with E-state index >= 15 is 0 Å². The van der Waals surface area contributed by atoms with Crippen molar-refractivity contribution < 1.29 is 27.4 Å². The Labute approximate surface area is 159 Å². The van der Waals surface area contributed by atoms with Gasteiger partial charge in [0.25, 0.3) is 0 Å². The van der Waals surface area contributed by atoms with Crippen molar-refractivity contribution in [2.45, 2.75) is 5.75 Å². The summed E-state index contributed by atoms with van der Waals surface area (Å²) >= 11 is 0. The van der Waals surface area contributed by atoms with Crippen LogP contribution in [-0.4, -0.2) is 36.9 Å². The molecule has 27 heavy (non-hydrogen) atoms. The van der Waals surface area contributed by atoms with Crippen molar-refractivity contribution in [1.29, 1.82) is 0 Å². The summed E-state index contributed by atoms with van der Waals surface area (Å²) in [5.41, 5.74) is 7.39. The second kappa shape index (κ2) is 8.68. The minimum absolute atomic E-state index is 0.178. The molecule has 2 aromatic carbocycles. The molecule has 0 saturated heterocycles. The van der Waals surface area contributed by atoms with Gasteiger partial charge in [0, 0.05) is 5.41 Å². The van der Waals surface area contributed by atoms with Crippen LogP contribution >= 0.6 is 0 Å². The average Bonchev–Trinajstić information content (AvgIpc) is 2.65. The van der Waals surface area contributed by atoms with E-state index in [0.29, 0.717) is 39.8 Å². The maximum absolute atomic E-state index is 12.4. The number of anilines is 1. The van der Waals surface area contributed by atoms with Crippen LogP contribution in [0.2, 0.25) is 0 Å². The lowest BCUT2D eigenvalue weighted by Gasteiger charge is -2.12. The van der Waals surface area contributed by atoms with Crippen LogP contribution in [0.4, 0.5) is 5.69 Å². The van der Waals surface area contributed by atoms with Gasteiger partial charge < -0.3 is 24.7 Å². The molecule has 146 valence electrons. The van der Waals surface area contributed by atoms with E-state index in [1.165, 1.54) is 34.5 Å². The molecule has 0 radical (unpaired) electrons. The van der Waals surface area contributed by atoms with Crippen molar-refractivity contribution in [3.05, 3.63) is 46.9 Å². The third kappa shape index (κ3) is 5.07. The summed E-state index contributed by atoms with van der Waals surface area (Å²) in [5, 5.41) is 1.15. The van der Waals surface area contributed by atoms with Crippen molar-refractivity contribution in [2.24, 2.45) is 0 Å². The molecule has 0 aromatic heterocycles. The van der Waals surface area contributed by atoms with Crippen molar-refractivity contribution >= 4 is 21.6 Å². The Morgan fingerprint density at radius 3 is 1.96 bits per heavy atom. The van der Waals surface area contributed by atoms with Crippen LogP contribution < -0.4 is 24.7 Å². The first-order valence-electron chi connectivity index (χ1n) is 7.96. The van der Waals surface area contributed by atoms with Crippen LogP contribution in [-0.2, 0) is 15.6 Å².